The fraction of sp³-hybridized carbons (Fsp3) is 0.625. The molecule has 1 aromatic rings. The fourth-order valence-corrected chi connectivity index (χ4v) is 5.22. The molecule has 1 heterocycles. The summed E-state index contributed by atoms with van der Waals surface area (Å²) in [5, 5.41) is 3.10. The van der Waals surface area contributed by atoms with Gasteiger partial charge in [0.2, 0.25) is 10.0 Å². The van der Waals surface area contributed by atoms with Crippen molar-refractivity contribution in [1.82, 2.24) is 9.62 Å². The van der Waals surface area contributed by atoms with E-state index in [1.54, 1.807) is 4.31 Å². The topological polar surface area (TPSA) is 49.4 Å². The van der Waals surface area contributed by atoms with Gasteiger partial charge in [-0.1, -0.05) is 13.0 Å². The zero-order chi connectivity index (χ0) is 15.6. The van der Waals surface area contributed by atoms with E-state index in [0.717, 1.165) is 36.0 Å². The van der Waals surface area contributed by atoms with Gasteiger partial charge in [-0.3, -0.25) is 0 Å². The van der Waals surface area contributed by atoms with Crippen molar-refractivity contribution < 1.29 is 8.42 Å². The van der Waals surface area contributed by atoms with Crippen molar-refractivity contribution in [2.45, 2.75) is 57.5 Å². The Labute approximate surface area is 128 Å². The van der Waals surface area contributed by atoms with Crippen LogP contribution in [0.4, 0.5) is 0 Å². The van der Waals surface area contributed by atoms with Crippen LogP contribution in [-0.2, 0) is 16.6 Å². The van der Waals surface area contributed by atoms with Crippen LogP contribution < -0.4 is 5.32 Å². The molecule has 2 rings (SSSR count). The first kappa shape index (κ1) is 16.5. The second-order valence-electron chi connectivity index (χ2n) is 5.89. The van der Waals surface area contributed by atoms with E-state index in [2.05, 4.69) is 12.2 Å². The van der Waals surface area contributed by atoms with E-state index in [0.29, 0.717) is 18.0 Å². The van der Waals surface area contributed by atoms with Crippen LogP contribution in [0.25, 0.3) is 0 Å². The molecular weight excluding hydrogens is 284 g/mol. The maximum atomic E-state index is 13.0. The molecule has 1 aliphatic heterocycles. The van der Waals surface area contributed by atoms with Gasteiger partial charge in [-0.2, -0.15) is 4.31 Å². The Hall–Kier alpha value is -0.910. The minimum atomic E-state index is -3.38. The van der Waals surface area contributed by atoms with Gasteiger partial charge in [-0.25, -0.2) is 8.42 Å². The van der Waals surface area contributed by atoms with Crippen molar-refractivity contribution in [3.05, 3.63) is 28.8 Å². The lowest BCUT2D eigenvalue weighted by molar-refractivity contribution is 0.379. The number of rotatable bonds is 5. The third-order valence-electron chi connectivity index (χ3n) is 4.38. The lowest BCUT2D eigenvalue weighted by Crippen LogP contribution is -2.35. The van der Waals surface area contributed by atoms with Gasteiger partial charge < -0.3 is 5.32 Å². The molecule has 1 N–H and O–H groups in total. The third kappa shape index (κ3) is 3.15. The number of nitrogens with zero attached hydrogens (tertiary/aromatic N) is 1. The molecule has 1 saturated heterocycles. The number of nitrogens with one attached hydrogen (secondary N) is 1. The van der Waals surface area contributed by atoms with Crippen LogP contribution in [0, 0.1) is 13.8 Å². The van der Waals surface area contributed by atoms with E-state index in [1.165, 1.54) is 0 Å². The van der Waals surface area contributed by atoms with Gasteiger partial charge >= 0.3 is 0 Å². The summed E-state index contributed by atoms with van der Waals surface area (Å²) in [5.74, 6) is 0. The number of hydrogen-bond acceptors (Lipinski definition) is 3. The molecule has 0 aliphatic carbocycles. The molecule has 118 valence electrons. The van der Waals surface area contributed by atoms with Crippen LogP contribution in [-0.4, -0.2) is 32.4 Å². The number of hydrogen-bond donors (Lipinski definition) is 1. The van der Waals surface area contributed by atoms with E-state index < -0.39 is 10.0 Å². The van der Waals surface area contributed by atoms with Crippen molar-refractivity contribution in [3.8, 4) is 0 Å². The quantitative estimate of drug-likeness (QED) is 0.909. The maximum Gasteiger partial charge on any atom is 0.243 e. The summed E-state index contributed by atoms with van der Waals surface area (Å²) in [4.78, 5) is 0.471. The molecule has 0 aromatic heterocycles. The SMILES string of the molecule is CCC1CCCN1S(=O)(=O)c1cc(CNC)c(C)cc1C. The average molecular weight is 310 g/mol. The van der Waals surface area contributed by atoms with Crippen LogP contribution in [0.15, 0.2) is 17.0 Å². The summed E-state index contributed by atoms with van der Waals surface area (Å²) in [6.45, 7) is 7.31. The Balaban J connectivity index is 2.46. The van der Waals surface area contributed by atoms with Crippen molar-refractivity contribution in [2.24, 2.45) is 0 Å². The number of sulfonamides is 1. The lowest BCUT2D eigenvalue weighted by atomic mass is 10.1. The summed E-state index contributed by atoms with van der Waals surface area (Å²) in [5.41, 5.74) is 3.03. The van der Waals surface area contributed by atoms with E-state index in [4.69, 9.17) is 0 Å². The minimum Gasteiger partial charge on any atom is -0.316 e. The largest absolute Gasteiger partial charge is 0.316 e. The molecular formula is C16H26N2O2S. The highest BCUT2D eigenvalue weighted by atomic mass is 32.2. The van der Waals surface area contributed by atoms with Crippen LogP contribution >= 0.6 is 0 Å². The maximum absolute atomic E-state index is 13.0. The van der Waals surface area contributed by atoms with Crippen molar-refractivity contribution in [1.29, 1.82) is 0 Å². The van der Waals surface area contributed by atoms with Gasteiger partial charge in [0.05, 0.1) is 4.90 Å². The first-order chi connectivity index (χ1) is 9.91. The summed E-state index contributed by atoms with van der Waals surface area (Å²) < 4.78 is 27.7. The summed E-state index contributed by atoms with van der Waals surface area (Å²) >= 11 is 0. The molecule has 21 heavy (non-hydrogen) atoms. The summed E-state index contributed by atoms with van der Waals surface area (Å²) in [7, 11) is -1.51. The Morgan fingerprint density at radius 3 is 2.62 bits per heavy atom. The molecule has 0 radical (unpaired) electrons. The third-order valence-corrected chi connectivity index (χ3v) is 6.48. The zero-order valence-electron chi connectivity index (χ0n) is 13.4. The van der Waals surface area contributed by atoms with E-state index in [9.17, 15) is 8.42 Å². The van der Waals surface area contributed by atoms with Gasteiger partial charge in [0.1, 0.15) is 0 Å². The van der Waals surface area contributed by atoms with Gasteiger partial charge in [0, 0.05) is 19.1 Å². The average Bonchev–Trinajstić information content (AvgIpc) is 2.90. The molecule has 0 saturated carbocycles. The van der Waals surface area contributed by atoms with Crippen molar-refractivity contribution in [3.63, 3.8) is 0 Å². The van der Waals surface area contributed by atoms with Crippen molar-refractivity contribution in [2.75, 3.05) is 13.6 Å². The Morgan fingerprint density at radius 2 is 2.00 bits per heavy atom. The molecule has 1 aromatic carbocycles. The molecule has 0 amide bonds. The van der Waals surface area contributed by atoms with E-state index >= 15 is 0 Å². The van der Waals surface area contributed by atoms with E-state index in [1.807, 2.05) is 33.0 Å². The predicted molar refractivity (Wildman–Crippen MR) is 85.9 cm³/mol. The van der Waals surface area contributed by atoms with Crippen LogP contribution in [0.3, 0.4) is 0 Å². The Morgan fingerprint density at radius 1 is 1.29 bits per heavy atom. The highest BCUT2D eigenvalue weighted by Crippen LogP contribution is 2.30. The molecule has 1 unspecified atom stereocenters. The first-order valence-electron chi connectivity index (χ1n) is 7.68. The molecule has 1 aliphatic rings. The van der Waals surface area contributed by atoms with Crippen LogP contribution in [0.1, 0.15) is 42.9 Å². The summed E-state index contributed by atoms with van der Waals surface area (Å²) in [6, 6.07) is 3.99. The number of aryl methyl sites for hydroxylation is 2. The second kappa shape index (κ2) is 6.46. The van der Waals surface area contributed by atoms with E-state index in [-0.39, 0.29) is 6.04 Å². The normalized spacial score (nSPS) is 20.1. The lowest BCUT2D eigenvalue weighted by Gasteiger charge is -2.24. The molecule has 5 heteroatoms. The van der Waals surface area contributed by atoms with Gasteiger partial charge in [-0.05, 0) is 62.9 Å². The molecule has 1 atom stereocenters. The Kier molecular flexibility index (Phi) is 5.07. The monoisotopic (exact) mass is 310 g/mol. The first-order valence-corrected chi connectivity index (χ1v) is 9.12. The number of benzene rings is 1. The highest BCUT2D eigenvalue weighted by Gasteiger charge is 2.35. The summed E-state index contributed by atoms with van der Waals surface area (Å²) in [6.07, 6.45) is 2.82. The molecule has 1 fully saturated rings. The smallest absolute Gasteiger partial charge is 0.243 e. The van der Waals surface area contributed by atoms with Crippen molar-refractivity contribution >= 4 is 10.0 Å². The standard InChI is InChI=1S/C16H26N2O2S/c1-5-15-7-6-8-18(15)21(19,20)16-10-14(11-17-4)12(2)9-13(16)3/h9-10,15,17H,5-8,11H2,1-4H3. The molecule has 0 spiro atoms. The minimum absolute atomic E-state index is 0.156. The molecule has 0 bridgehead atoms. The van der Waals surface area contributed by atoms with Crippen LogP contribution in [0.5, 0.6) is 0 Å². The Bertz CT molecular complexity index is 611. The molecule has 4 nitrogen and oxygen atoms in total. The van der Waals surface area contributed by atoms with Crippen LogP contribution in [0.2, 0.25) is 0 Å². The van der Waals surface area contributed by atoms with Gasteiger partial charge in [0.15, 0.2) is 0 Å². The second-order valence-corrected chi connectivity index (χ2v) is 7.75. The zero-order valence-corrected chi connectivity index (χ0v) is 14.3. The van der Waals surface area contributed by atoms with Gasteiger partial charge in [-0.15, -0.1) is 0 Å². The highest BCUT2D eigenvalue weighted by molar-refractivity contribution is 7.89. The predicted octanol–water partition coefficient (Wildman–Crippen LogP) is 2.59. The van der Waals surface area contributed by atoms with Gasteiger partial charge in [0.25, 0.3) is 0 Å². The fourth-order valence-electron chi connectivity index (χ4n) is 3.19.